The number of benzene rings is 1. The highest BCUT2D eigenvalue weighted by Crippen LogP contribution is 2.19. The van der Waals surface area contributed by atoms with Gasteiger partial charge in [0, 0.05) is 13.2 Å². The number of rotatable bonds is 4. The lowest BCUT2D eigenvalue weighted by atomic mass is 10.0. The number of hydrogen-bond donors (Lipinski definition) is 1. The van der Waals surface area contributed by atoms with Gasteiger partial charge in [0.25, 0.3) is 0 Å². The normalized spacial score (nSPS) is 12.4. The Bertz CT molecular complexity index is 236. The zero-order chi connectivity index (χ0) is 13.7. The summed E-state index contributed by atoms with van der Waals surface area (Å²) < 4.78 is 5.43. The second-order valence-electron chi connectivity index (χ2n) is 3.14. The van der Waals surface area contributed by atoms with E-state index in [9.17, 15) is 0 Å². The van der Waals surface area contributed by atoms with Crippen molar-refractivity contribution in [3.05, 3.63) is 35.9 Å². The number of methoxy groups -OCH3 is 1. The number of likely N-dealkylation sites (N-methyl/N-ethyl adjacent to an activating group) is 1. The average molecular weight is 239 g/mol. The highest BCUT2D eigenvalue weighted by Gasteiger charge is 2.16. The molecule has 2 heteroatoms. The van der Waals surface area contributed by atoms with E-state index >= 15 is 0 Å². The zero-order valence-corrected chi connectivity index (χ0v) is 12.4. The van der Waals surface area contributed by atoms with Crippen LogP contribution >= 0.6 is 0 Å². The van der Waals surface area contributed by atoms with Crippen LogP contribution < -0.4 is 5.32 Å². The standard InChI is InChI=1S/C11H17NO.2C2H6/c1-9(12-2)11(13-3)10-7-5-4-6-8-10;2*1-2/h4-9,11-12H,1-3H3;2*1-2H3/t9-,11-;;/m0../s1. The summed E-state index contributed by atoms with van der Waals surface area (Å²) in [5.74, 6) is 0. The summed E-state index contributed by atoms with van der Waals surface area (Å²) in [6.45, 7) is 10.1. The molecule has 0 saturated carbocycles. The van der Waals surface area contributed by atoms with Crippen LogP contribution in [0.1, 0.15) is 46.3 Å². The summed E-state index contributed by atoms with van der Waals surface area (Å²) in [4.78, 5) is 0. The Morgan fingerprint density at radius 2 is 1.47 bits per heavy atom. The van der Waals surface area contributed by atoms with Crippen molar-refractivity contribution in [1.29, 1.82) is 0 Å². The third-order valence-corrected chi connectivity index (χ3v) is 2.29. The Morgan fingerprint density at radius 1 is 1.00 bits per heavy atom. The molecule has 1 aromatic carbocycles. The van der Waals surface area contributed by atoms with Gasteiger partial charge in [-0.15, -0.1) is 0 Å². The maximum atomic E-state index is 5.43. The van der Waals surface area contributed by atoms with Crippen molar-refractivity contribution in [2.75, 3.05) is 14.2 Å². The summed E-state index contributed by atoms with van der Waals surface area (Å²) in [6.07, 6.45) is 0.131. The molecule has 0 radical (unpaired) electrons. The van der Waals surface area contributed by atoms with Gasteiger partial charge in [-0.05, 0) is 19.5 Å². The fraction of sp³-hybridized carbons (Fsp3) is 0.600. The van der Waals surface area contributed by atoms with E-state index in [2.05, 4.69) is 24.4 Å². The first kappa shape index (κ1) is 18.5. The van der Waals surface area contributed by atoms with Gasteiger partial charge < -0.3 is 10.1 Å². The molecule has 0 unspecified atom stereocenters. The first-order valence-electron chi connectivity index (χ1n) is 6.54. The Kier molecular flexibility index (Phi) is 14.4. The summed E-state index contributed by atoms with van der Waals surface area (Å²) >= 11 is 0. The zero-order valence-electron chi connectivity index (χ0n) is 12.4. The molecule has 17 heavy (non-hydrogen) atoms. The third kappa shape index (κ3) is 7.14. The molecular weight excluding hydrogens is 210 g/mol. The fourth-order valence-electron chi connectivity index (χ4n) is 1.42. The quantitative estimate of drug-likeness (QED) is 0.856. The molecule has 0 aliphatic heterocycles. The van der Waals surface area contributed by atoms with Gasteiger partial charge in [-0.3, -0.25) is 0 Å². The van der Waals surface area contributed by atoms with Gasteiger partial charge >= 0.3 is 0 Å². The molecule has 0 heterocycles. The van der Waals surface area contributed by atoms with E-state index in [-0.39, 0.29) is 6.10 Å². The van der Waals surface area contributed by atoms with Crippen LogP contribution in [0.3, 0.4) is 0 Å². The van der Waals surface area contributed by atoms with Gasteiger partial charge in [0.1, 0.15) is 0 Å². The predicted molar refractivity (Wildman–Crippen MR) is 77.4 cm³/mol. The van der Waals surface area contributed by atoms with Crippen molar-refractivity contribution in [1.82, 2.24) is 5.32 Å². The lowest BCUT2D eigenvalue weighted by molar-refractivity contribution is 0.0761. The van der Waals surface area contributed by atoms with Gasteiger partial charge in [-0.1, -0.05) is 58.0 Å². The molecule has 2 nitrogen and oxygen atoms in total. The van der Waals surface area contributed by atoms with Crippen LogP contribution in [-0.2, 0) is 4.74 Å². The van der Waals surface area contributed by atoms with Gasteiger partial charge in [0.2, 0.25) is 0 Å². The lowest BCUT2D eigenvalue weighted by Gasteiger charge is -2.22. The van der Waals surface area contributed by atoms with E-state index in [4.69, 9.17) is 4.74 Å². The molecule has 0 aromatic heterocycles. The van der Waals surface area contributed by atoms with Crippen LogP contribution in [0.25, 0.3) is 0 Å². The molecule has 0 aliphatic rings. The van der Waals surface area contributed by atoms with Crippen LogP contribution in [0.4, 0.5) is 0 Å². The Labute approximate surface area is 107 Å². The molecule has 1 rings (SSSR count). The van der Waals surface area contributed by atoms with Gasteiger partial charge in [-0.2, -0.15) is 0 Å². The van der Waals surface area contributed by atoms with Crippen molar-refractivity contribution < 1.29 is 4.74 Å². The van der Waals surface area contributed by atoms with Crippen LogP contribution in [-0.4, -0.2) is 20.2 Å². The summed E-state index contributed by atoms with van der Waals surface area (Å²) in [6, 6.07) is 10.6. The minimum absolute atomic E-state index is 0.131. The first-order valence-corrected chi connectivity index (χ1v) is 6.54. The van der Waals surface area contributed by atoms with E-state index in [1.807, 2.05) is 52.9 Å². The SMILES string of the molecule is CC.CC.CN[C@@H](C)[C@H](OC)c1ccccc1. The average Bonchev–Trinajstić information content (AvgIpc) is 2.45. The molecule has 2 atom stereocenters. The van der Waals surface area contributed by atoms with E-state index in [0.29, 0.717) is 6.04 Å². The van der Waals surface area contributed by atoms with Crippen molar-refractivity contribution in [2.45, 2.75) is 46.8 Å². The third-order valence-electron chi connectivity index (χ3n) is 2.29. The highest BCUT2D eigenvalue weighted by molar-refractivity contribution is 5.18. The largest absolute Gasteiger partial charge is 0.375 e. The van der Waals surface area contributed by atoms with Gasteiger partial charge in [0.05, 0.1) is 6.10 Å². The molecule has 0 fully saturated rings. The molecule has 0 bridgehead atoms. The molecule has 1 N–H and O–H groups in total. The monoisotopic (exact) mass is 239 g/mol. The van der Waals surface area contributed by atoms with E-state index in [1.54, 1.807) is 7.11 Å². The number of nitrogens with one attached hydrogen (secondary N) is 1. The lowest BCUT2D eigenvalue weighted by Crippen LogP contribution is -2.29. The second-order valence-corrected chi connectivity index (χ2v) is 3.14. The van der Waals surface area contributed by atoms with E-state index < -0.39 is 0 Å². The molecule has 0 amide bonds. The molecule has 0 saturated heterocycles. The van der Waals surface area contributed by atoms with Crippen molar-refractivity contribution in [2.24, 2.45) is 0 Å². The fourth-order valence-corrected chi connectivity index (χ4v) is 1.42. The Hall–Kier alpha value is -0.860. The number of ether oxygens (including phenoxy) is 1. The molecule has 1 aromatic rings. The number of hydrogen-bond acceptors (Lipinski definition) is 2. The minimum atomic E-state index is 0.131. The van der Waals surface area contributed by atoms with Crippen LogP contribution in [0.2, 0.25) is 0 Å². The van der Waals surface area contributed by atoms with E-state index in [1.165, 1.54) is 5.56 Å². The minimum Gasteiger partial charge on any atom is -0.375 e. The molecule has 0 aliphatic carbocycles. The smallest absolute Gasteiger partial charge is 0.0971 e. The van der Waals surface area contributed by atoms with E-state index in [0.717, 1.165) is 0 Å². The van der Waals surface area contributed by atoms with Crippen LogP contribution in [0, 0.1) is 0 Å². The molecule has 0 spiro atoms. The second kappa shape index (κ2) is 13.2. The Balaban J connectivity index is 0. The van der Waals surface area contributed by atoms with Crippen LogP contribution in [0.15, 0.2) is 30.3 Å². The summed E-state index contributed by atoms with van der Waals surface area (Å²) in [7, 11) is 3.69. The summed E-state index contributed by atoms with van der Waals surface area (Å²) in [5, 5.41) is 3.19. The van der Waals surface area contributed by atoms with Gasteiger partial charge in [-0.25, -0.2) is 0 Å². The first-order chi connectivity index (χ1) is 8.29. The maximum absolute atomic E-state index is 5.43. The van der Waals surface area contributed by atoms with Crippen molar-refractivity contribution >= 4 is 0 Å². The summed E-state index contributed by atoms with van der Waals surface area (Å²) in [5.41, 5.74) is 1.21. The highest BCUT2D eigenvalue weighted by atomic mass is 16.5. The molecular formula is C15H29NO. The maximum Gasteiger partial charge on any atom is 0.0971 e. The van der Waals surface area contributed by atoms with Crippen molar-refractivity contribution in [3.8, 4) is 0 Å². The Morgan fingerprint density at radius 3 is 1.82 bits per heavy atom. The molecule has 100 valence electrons. The topological polar surface area (TPSA) is 21.3 Å². The van der Waals surface area contributed by atoms with Crippen LogP contribution in [0.5, 0.6) is 0 Å². The van der Waals surface area contributed by atoms with Gasteiger partial charge in [0.15, 0.2) is 0 Å². The van der Waals surface area contributed by atoms with Crippen molar-refractivity contribution in [3.63, 3.8) is 0 Å². The predicted octanol–water partition coefficient (Wildman–Crippen LogP) is 4.03.